The molecule has 0 spiro atoms. The molecule has 1 saturated heterocycles. The highest BCUT2D eigenvalue weighted by atomic mass is 16.3. The van der Waals surface area contributed by atoms with Gasteiger partial charge in [0.15, 0.2) is 0 Å². The molecule has 0 radical (unpaired) electrons. The lowest BCUT2D eigenvalue weighted by Crippen LogP contribution is -2.33. The van der Waals surface area contributed by atoms with Gasteiger partial charge in [0.25, 0.3) is 0 Å². The van der Waals surface area contributed by atoms with Gasteiger partial charge in [-0.05, 0) is 42.9 Å². The van der Waals surface area contributed by atoms with Crippen LogP contribution < -0.4 is 11.1 Å². The molecular formula is C19H28N6O. The Morgan fingerprint density at radius 2 is 2.12 bits per heavy atom. The zero-order valence-electron chi connectivity index (χ0n) is 15.7. The molecule has 3 rings (SSSR count). The van der Waals surface area contributed by atoms with Crippen molar-refractivity contribution in [3.63, 3.8) is 0 Å². The third kappa shape index (κ3) is 5.12. The van der Waals surface area contributed by atoms with Gasteiger partial charge in [-0.2, -0.15) is 15.0 Å². The molecule has 1 aromatic carbocycles. The summed E-state index contributed by atoms with van der Waals surface area (Å²) in [5.41, 5.74) is 8.02. The van der Waals surface area contributed by atoms with Gasteiger partial charge in [-0.1, -0.05) is 26.0 Å². The summed E-state index contributed by atoms with van der Waals surface area (Å²) in [6.45, 7) is 8.69. The second kappa shape index (κ2) is 7.55. The molecule has 1 aliphatic rings. The summed E-state index contributed by atoms with van der Waals surface area (Å²) >= 11 is 0. The number of nitrogens with one attached hydrogen (secondary N) is 1. The van der Waals surface area contributed by atoms with E-state index in [2.05, 4.69) is 39.0 Å². The maximum atomic E-state index is 10.1. The fourth-order valence-corrected chi connectivity index (χ4v) is 3.57. The fourth-order valence-electron chi connectivity index (χ4n) is 3.57. The number of nitrogen functional groups attached to an aromatic ring is 1. The number of benzene rings is 1. The van der Waals surface area contributed by atoms with Crippen molar-refractivity contribution < 1.29 is 5.11 Å². The molecule has 4 N–H and O–H groups in total. The molecule has 0 amide bonds. The maximum absolute atomic E-state index is 10.1. The van der Waals surface area contributed by atoms with Gasteiger partial charge in [-0.3, -0.25) is 4.90 Å². The van der Waals surface area contributed by atoms with E-state index in [0.29, 0.717) is 18.3 Å². The van der Waals surface area contributed by atoms with E-state index in [4.69, 9.17) is 5.73 Å². The maximum Gasteiger partial charge on any atom is 0.232 e. The smallest absolute Gasteiger partial charge is 0.232 e. The van der Waals surface area contributed by atoms with Crippen molar-refractivity contribution in [1.29, 1.82) is 0 Å². The van der Waals surface area contributed by atoms with Crippen LogP contribution in [0.5, 0.6) is 0 Å². The minimum Gasteiger partial charge on any atom is -0.393 e. The molecule has 26 heavy (non-hydrogen) atoms. The summed E-state index contributed by atoms with van der Waals surface area (Å²) < 4.78 is 0. The molecule has 0 bridgehead atoms. The number of aliphatic hydroxyl groups is 1. The van der Waals surface area contributed by atoms with E-state index in [1.165, 1.54) is 0 Å². The van der Waals surface area contributed by atoms with Gasteiger partial charge >= 0.3 is 0 Å². The SMILES string of the molecule is Cc1cccc(Nc2nc(N)nc(CN3CCC(O)CC(C)(C)C3)n2)c1. The first-order valence-electron chi connectivity index (χ1n) is 9.04. The first kappa shape index (κ1) is 18.5. The molecule has 7 heteroatoms. The normalized spacial score (nSPS) is 20.5. The summed E-state index contributed by atoms with van der Waals surface area (Å²) in [6.07, 6.45) is 1.32. The van der Waals surface area contributed by atoms with Crippen LogP contribution in [0.15, 0.2) is 24.3 Å². The van der Waals surface area contributed by atoms with E-state index in [1.54, 1.807) is 0 Å². The molecule has 0 aliphatic carbocycles. The van der Waals surface area contributed by atoms with Gasteiger partial charge in [0.05, 0.1) is 12.6 Å². The lowest BCUT2D eigenvalue weighted by Gasteiger charge is -2.29. The summed E-state index contributed by atoms with van der Waals surface area (Å²) in [5.74, 6) is 1.30. The topological polar surface area (TPSA) is 100 Å². The highest BCUT2D eigenvalue weighted by Crippen LogP contribution is 2.29. The Morgan fingerprint density at radius 3 is 2.88 bits per heavy atom. The summed E-state index contributed by atoms with van der Waals surface area (Å²) in [6, 6.07) is 8.01. The minimum atomic E-state index is -0.253. The number of nitrogens with two attached hydrogens (primary N) is 1. The van der Waals surface area contributed by atoms with Crippen molar-refractivity contribution in [2.24, 2.45) is 5.41 Å². The molecule has 140 valence electrons. The van der Waals surface area contributed by atoms with Crippen molar-refractivity contribution in [3.05, 3.63) is 35.7 Å². The molecule has 1 fully saturated rings. The largest absolute Gasteiger partial charge is 0.393 e. The number of rotatable bonds is 4. The van der Waals surface area contributed by atoms with Crippen LogP contribution >= 0.6 is 0 Å². The number of aryl methyl sites for hydroxylation is 1. The first-order chi connectivity index (χ1) is 12.3. The molecular weight excluding hydrogens is 328 g/mol. The number of likely N-dealkylation sites (tertiary alicyclic amines) is 1. The average Bonchev–Trinajstić information content (AvgIpc) is 2.63. The van der Waals surface area contributed by atoms with Gasteiger partial charge in [-0.25, -0.2) is 0 Å². The molecule has 2 aromatic rings. The Labute approximate surface area is 154 Å². The molecule has 1 unspecified atom stereocenters. The van der Waals surface area contributed by atoms with Gasteiger partial charge in [-0.15, -0.1) is 0 Å². The highest BCUT2D eigenvalue weighted by Gasteiger charge is 2.29. The summed E-state index contributed by atoms with van der Waals surface area (Å²) in [4.78, 5) is 15.3. The van der Waals surface area contributed by atoms with Crippen molar-refractivity contribution in [2.45, 2.75) is 46.3 Å². The van der Waals surface area contributed by atoms with Crippen LogP contribution in [0.25, 0.3) is 0 Å². The van der Waals surface area contributed by atoms with E-state index in [0.717, 1.165) is 37.2 Å². The summed E-state index contributed by atoms with van der Waals surface area (Å²) in [5, 5.41) is 13.3. The third-order valence-corrected chi connectivity index (χ3v) is 4.56. The zero-order valence-corrected chi connectivity index (χ0v) is 15.7. The molecule has 2 heterocycles. The summed E-state index contributed by atoms with van der Waals surface area (Å²) in [7, 11) is 0. The number of hydrogen-bond acceptors (Lipinski definition) is 7. The van der Waals surface area contributed by atoms with Crippen molar-refractivity contribution in [3.8, 4) is 0 Å². The Morgan fingerprint density at radius 1 is 1.31 bits per heavy atom. The van der Waals surface area contributed by atoms with Crippen LogP contribution in [-0.2, 0) is 6.54 Å². The first-order valence-corrected chi connectivity index (χ1v) is 9.04. The van der Waals surface area contributed by atoms with Gasteiger partial charge in [0.2, 0.25) is 11.9 Å². The van der Waals surface area contributed by atoms with Crippen LogP contribution in [0.4, 0.5) is 17.6 Å². The highest BCUT2D eigenvalue weighted by molar-refractivity contribution is 5.54. The minimum absolute atomic E-state index is 0.0527. The fraction of sp³-hybridized carbons (Fsp3) is 0.526. The Hall–Kier alpha value is -2.25. The standard InChI is InChI=1S/C19H28N6O/c1-13-5-4-6-14(9-13)21-18-23-16(22-17(20)24-18)11-25-8-7-15(26)10-19(2,3)12-25/h4-6,9,15,26H,7-8,10-12H2,1-3H3,(H3,20,21,22,23,24). The molecule has 0 saturated carbocycles. The molecule has 1 aliphatic heterocycles. The number of aliphatic hydroxyl groups excluding tert-OH is 1. The van der Waals surface area contributed by atoms with E-state index in [1.807, 2.05) is 31.2 Å². The van der Waals surface area contributed by atoms with Crippen molar-refractivity contribution in [2.75, 3.05) is 24.1 Å². The lowest BCUT2D eigenvalue weighted by atomic mass is 9.87. The van der Waals surface area contributed by atoms with Crippen molar-refractivity contribution in [1.82, 2.24) is 19.9 Å². The number of anilines is 3. The Bertz CT molecular complexity index is 763. The number of hydrogen-bond donors (Lipinski definition) is 3. The van der Waals surface area contributed by atoms with E-state index < -0.39 is 0 Å². The quantitative estimate of drug-likeness (QED) is 0.774. The van der Waals surface area contributed by atoms with Crippen molar-refractivity contribution >= 4 is 17.6 Å². The second-order valence-electron chi connectivity index (χ2n) is 7.95. The van der Waals surface area contributed by atoms with Gasteiger partial charge < -0.3 is 16.2 Å². The van der Waals surface area contributed by atoms with E-state index in [-0.39, 0.29) is 17.5 Å². The van der Waals surface area contributed by atoms with Crippen LogP contribution in [0.1, 0.15) is 38.1 Å². The monoisotopic (exact) mass is 356 g/mol. The Balaban J connectivity index is 1.75. The van der Waals surface area contributed by atoms with Crippen LogP contribution in [0.2, 0.25) is 0 Å². The third-order valence-electron chi connectivity index (χ3n) is 4.56. The van der Waals surface area contributed by atoms with Crippen LogP contribution in [-0.4, -0.2) is 44.2 Å². The van der Waals surface area contributed by atoms with E-state index >= 15 is 0 Å². The van der Waals surface area contributed by atoms with Gasteiger partial charge in [0.1, 0.15) is 5.82 Å². The molecule has 1 atom stereocenters. The van der Waals surface area contributed by atoms with E-state index in [9.17, 15) is 5.11 Å². The average molecular weight is 356 g/mol. The number of nitrogens with zero attached hydrogens (tertiary/aromatic N) is 4. The van der Waals surface area contributed by atoms with Gasteiger partial charge in [0, 0.05) is 18.8 Å². The predicted molar refractivity (Wildman–Crippen MR) is 103 cm³/mol. The molecule has 1 aromatic heterocycles. The molecule has 7 nitrogen and oxygen atoms in total. The van der Waals surface area contributed by atoms with Crippen LogP contribution in [0.3, 0.4) is 0 Å². The lowest BCUT2D eigenvalue weighted by molar-refractivity contribution is 0.121. The zero-order chi connectivity index (χ0) is 18.7. The second-order valence-corrected chi connectivity index (χ2v) is 7.95. The van der Waals surface area contributed by atoms with Crippen LogP contribution in [0, 0.1) is 12.3 Å². The Kier molecular flexibility index (Phi) is 5.38. The number of aromatic nitrogens is 3. The predicted octanol–water partition coefficient (Wildman–Crippen LogP) is 2.49.